The fourth-order valence-electron chi connectivity index (χ4n) is 1.87. The second-order valence-electron chi connectivity index (χ2n) is 4.72. The second-order valence-corrected chi connectivity index (χ2v) is 4.72. The molecule has 22 heavy (non-hydrogen) atoms. The number of carbonyl (C=O) groups excluding carboxylic acids is 2. The van der Waals surface area contributed by atoms with Crippen LogP contribution < -0.4 is 5.32 Å². The Kier molecular flexibility index (Phi) is 5.14. The normalized spacial score (nSPS) is 11.5. The average Bonchev–Trinajstić information content (AvgIpc) is 3.07. The highest BCUT2D eigenvalue weighted by Crippen LogP contribution is 2.11. The average molecular weight is 298 g/mol. The van der Waals surface area contributed by atoms with Gasteiger partial charge in [0.1, 0.15) is 0 Å². The Morgan fingerprint density at radius 3 is 2.50 bits per heavy atom. The van der Waals surface area contributed by atoms with Crippen molar-refractivity contribution in [2.75, 3.05) is 6.54 Å². The maximum atomic E-state index is 12.0. The minimum absolute atomic E-state index is 0.340. The standard InChI is InChI=1S/C17H18N2O3/c1-3-10-18-16(20)13(2)22-17(21)14-6-8-15(9-7-14)19-11-4-5-12-19/h3-9,11-13H,1,10H2,2H3,(H,18,20)/t13-/m0/s1. The lowest BCUT2D eigenvalue weighted by Gasteiger charge is -2.13. The number of nitrogens with one attached hydrogen (secondary N) is 1. The molecule has 1 atom stereocenters. The van der Waals surface area contributed by atoms with Crippen LogP contribution in [0.1, 0.15) is 17.3 Å². The first-order valence-corrected chi connectivity index (χ1v) is 6.95. The number of esters is 1. The van der Waals surface area contributed by atoms with E-state index in [0.29, 0.717) is 12.1 Å². The summed E-state index contributed by atoms with van der Waals surface area (Å²) in [6, 6.07) is 10.8. The molecule has 5 nitrogen and oxygen atoms in total. The number of amides is 1. The van der Waals surface area contributed by atoms with Gasteiger partial charge in [0.2, 0.25) is 0 Å². The molecule has 1 N–H and O–H groups in total. The largest absolute Gasteiger partial charge is 0.449 e. The van der Waals surface area contributed by atoms with Gasteiger partial charge in [0.25, 0.3) is 5.91 Å². The molecule has 2 aromatic rings. The molecule has 0 unspecified atom stereocenters. The van der Waals surface area contributed by atoms with Gasteiger partial charge < -0.3 is 14.6 Å². The summed E-state index contributed by atoms with van der Waals surface area (Å²) in [7, 11) is 0. The van der Waals surface area contributed by atoms with Crippen molar-refractivity contribution in [2.24, 2.45) is 0 Å². The fraction of sp³-hybridized carbons (Fsp3) is 0.176. The van der Waals surface area contributed by atoms with Crippen LogP contribution in [0.3, 0.4) is 0 Å². The minimum atomic E-state index is -0.850. The van der Waals surface area contributed by atoms with Crippen LogP contribution in [0.4, 0.5) is 0 Å². The molecule has 0 fully saturated rings. The van der Waals surface area contributed by atoms with Gasteiger partial charge >= 0.3 is 5.97 Å². The van der Waals surface area contributed by atoms with E-state index < -0.39 is 12.1 Å². The zero-order valence-electron chi connectivity index (χ0n) is 12.4. The highest BCUT2D eigenvalue weighted by Gasteiger charge is 2.18. The number of rotatable bonds is 6. The van der Waals surface area contributed by atoms with E-state index in [1.165, 1.54) is 6.92 Å². The van der Waals surface area contributed by atoms with Gasteiger partial charge in [-0.1, -0.05) is 6.08 Å². The van der Waals surface area contributed by atoms with Crippen LogP contribution in [0.15, 0.2) is 61.4 Å². The molecule has 0 saturated carbocycles. The predicted octanol–water partition coefficient (Wildman–Crippen LogP) is 2.32. The van der Waals surface area contributed by atoms with Crippen molar-refractivity contribution in [3.05, 3.63) is 67.0 Å². The molecule has 0 spiro atoms. The molecule has 5 heteroatoms. The van der Waals surface area contributed by atoms with Crippen molar-refractivity contribution >= 4 is 11.9 Å². The number of nitrogens with zero attached hydrogens (tertiary/aromatic N) is 1. The zero-order chi connectivity index (χ0) is 15.9. The first-order valence-electron chi connectivity index (χ1n) is 6.95. The van der Waals surface area contributed by atoms with E-state index in [1.807, 2.05) is 41.2 Å². The maximum Gasteiger partial charge on any atom is 0.338 e. The van der Waals surface area contributed by atoms with Gasteiger partial charge in [0, 0.05) is 24.6 Å². The Balaban J connectivity index is 1.98. The van der Waals surface area contributed by atoms with Crippen LogP contribution in [-0.4, -0.2) is 29.1 Å². The van der Waals surface area contributed by atoms with Crippen molar-refractivity contribution in [1.29, 1.82) is 0 Å². The second kappa shape index (κ2) is 7.26. The van der Waals surface area contributed by atoms with Gasteiger partial charge in [-0.3, -0.25) is 4.79 Å². The van der Waals surface area contributed by atoms with Crippen molar-refractivity contribution in [3.63, 3.8) is 0 Å². The number of hydrogen-bond acceptors (Lipinski definition) is 3. The van der Waals surface area contributed by atoms with Crippen molar-refractivity contribution in [2.45, 2.75) is 13.0 Å². The smallest absolute Gasteiger partial charge is 0.338 e. The molecule has 1 heterocycles. The molecule has 0 aliphatic carbocycles. The first kappa shape index (κ1) is 15.6. The lowest BCUT2D eigenvalue weighted by Crippen LogP contribution is -2.35. The van der Waals surface area contributed by atoms with Crippen LogP contribution in [-0.2, 0) is 9.53 Å². The molecule has 1 aromatic heterocycles. The number of ether oxygens (including phenoxy) is 1. The summed E-state index contributed by atoms with van der Waals surface area (Å²) in [6.07, 6.45) is 4.54. The van der Waals surface area contributed by atoms with E-state index in [9.17, 15) is 9.59 Å². The molecule has 114 valence electrons. The highest BCUT2D eigenvalue weighted by molar-refractivity contribution is 5.92. The van der Waals surface area contributed by atoms with E-state index in [1.54, 1.807) is 18.2 Å². The molecule has 1 amide bonds. The Bertz CT molecular complexity index is 645. The van der Waals surface area contributed by atoms with Crippen molar-refractivity contribution < 1.29 is 14.3 Å². The Morgan fingerprint density at radius 1 is 1.27 bits per heavy atom. The Hall–Kier alpha value is -2.82. The van der Waals surface area contributed by atoms with E-state index >= 15 is 0 Å². The van der Waals surface area contributed by atoms with Gasteiger partial charge in [-0.05, 0) is 43.3 Å². The summed E-state index contributed by atoms with van der Waals surface area (Å²) in [5.41, 5.74) is 1.35. The van der Waals surface area contributed by atoms with Crippen LogP contribution in [0.5, 0.6) is 0 Å². The molecule has 0 saturated heterocycles. The summed E-state index contributed by atoms with van der Waals surface area (Å²) >= 11 is 0. The highest BCUT2D eigenvalue weighted by atomic mass is 16.5. The minimum Gasteiger partial charge on any atom is -0.449 e. The van der Waals surface area contributed by atoms with E-state index in [4.69, 9.17) is 4.74 Å². The van der Waals surface area contributed by atoms with Crippen LogP contribution >= 0.6 is 0 Å². The maximum absolute atomic E-state index is 12.0. The molecular weight excluding hydrogens is 280 g/mol. The van der Waals surface area contributed by atoms with Gasteiger partial charge in [0.05, 0.1) is 5.56 Å². The lowest BCUT2D eigenvalue weighted by molar-refractivity contribution is -0.128. The van der Waals surface area contributed by atoms with Crippen molar-refractivity contribution in [3.8, 4) is 5.69 Å². The molecular formula is C17H18N2O3. The van der Waals surface area contributed by atoms with E-state index in [-0.39, 0.29) is 5.91 Å². The third-order valence-electron chi connectivity index (χ3n) is 3.08. The van der Waals surface area contributed by atoms with Gasteiger partial charge in [-0.2, -0.15) is 0 Å². The lowest BCUT2D eigenvalue weighted by atomic mass is 10.2. The molecule has 0 aliphatic rings. The van der Waals surface area contributed by atoms with Crippen LogP contribution in [0.25, 0.3) is 5.69 Å². The number of benzene rings is 1. The summed E-state index contributed by atoms with van der Waals surface area (Å²) in [6.45, 7) is 5.38. The Labute approximate surface area is 129 Å². The first-order chi connectivity index (χ1) is 10.6. The number of aromatic nitrogens is 1. The quantitative estimate of drug-likeness (QED) is 0.657. The van der Waals surface area contributed by atoms with Gasteiger partial charge in [-0.25, -0.2) is 4.79 Å². The van der Waals surface area contributed by atoms with Crippen molar-refractivity contribution in [1.82, 2.24) is 9.88 Å². The summed E-state index contributed by atoms with van der Waals surface area (Å²) in [5.74, 6) is -0.877. The van der Waals surface area contributed by atoms with Crippen LogP contribution in [0, 0.1) is 0 Å². The van der Waals surface area contributed by atoms with Crippen LogP contribution in [0.2, 0.25) is 0 Å². The zero-order valence-corrected chi connectivity index (χ0v) is 12.4. The number of hydrogen-bond donors (Lipinski definition) is 1. The summed E-state index contributed by atoms with van der Waals surface area (Å²) < 4.78 is 7.06. The molecule has 0 aliphatic heterocycles. The third kappa shape index (κ3) is 3.85. The molecule has 0 radical (unpaired) electrons. The topological polar surface area (TPSA) is 60.3 Å². The van der Waals surface area contributed by atoms with E-state index in [2.05, 4.69) is 11.9 Å². The molecule has 2 rings (SSSR count). The van der Waals surface area contributed by atoms with Gasteiger partial charge in [0.15, 0.2) is 6.10 Å². The van der Waals surface area contributed by atoms with E-state index in [0.717, 1.165) is 5.69 Å². The molecule has 0 bridgehead atoms. The molecule has 1 aromatic carbocycles. The predicted molar refractivity (Wildman–Crippen MR) is 83.9 cm³/mol. The Morgan fingerprint density at radius 2 is 1.91 bits per heavy atom. The summed E-state index contributed by atoms with van der Waals surface area (Å²) in [4.78, 5) is 23.6. The fourth-order valence-corrected chi connectivity index (χ4v) is 1.87. The number of carbonyl (C=O) groups is 2. The van der Waals surface area contributed by atoms with Gasteiger partial charge in [-0.15, -0.1) is 6.58 Å². The third-order valence-corrected chi connectivity index (χ3v) is 3.08. The SMILES string of the molecule is C=CCNC(=O)[C@H](C)OC(=O)c1ccc(-n2cccc2)cc1. The monoisotopic (exact) mass is 298 g/mol. The summed E-state index contributed by atoms with van der Waals surface area (Å²) in [5, 5.41) is 2.58.